The lowest BCUT2D eigenvalue weighted by atomic mass is 9.63. The number of ketones is 2. The molecule has 45 heavy (non-hydrogen) atoms. The Kier molecular flexibility index (Phi) is 9.04. The van der Waals surface area contributed by atoms with E-state index in [0.29, 0.717) is 48.6 Å². The molecular weight excluding hydrogens is 650 g/mol. The molecule has 1 aliphatic heterocycles. The fourth-order valence-electron chi connectivity index (χ4n) is 8.03. The van der Waals surface area contributed by atoms with E-state index in [1.807, 2.05) is 43.3 Å². The number of nitrogens with zero attached hydrogens (tertiary/aromatic N) is 1. The maximum Gasteiger partial charge on any atom is 0.180 e. The molecule has 6 rings (SSSR count). The molecule has 2 aromatic carbocycles. The van der Waals surface area contributed by atoms with Crippen molar-refractivity contribution in [1.82, 2.24) is 4.90 Å². The molecule has 0 saturated heterocycles. The summed E-state index contributed by atoms with van der Waals surface area (Å²) >= 11 is 10.6. The van der Waals surface area contributed by atoms with Crippen LogP contribution in [0.5, 0.6) is 11.5 Å². The van der Waals surface area contributed by atoms with Crippen LogP contribution in [0.3, 0.4) is 0 Å². The van der Waals surface area contributed by atoms with Gasteiger partial charge in [-0.05, 0) is 67.2 Å². The van der Waals surface area contributed by atoms with Gasteiger partial charge >= 0.3 is 0 Å². The van der Waals surface area contributed by atoms with Gasteiger partial charge in [0.25, 0.3) is 0 Å². The van der Waals surface area contributed by atoms with Crippen LogP contribution >= 0.6 is 27.5 Å². The molecule has 5 nitrogen and oxygen atoms in total. The summed E-state index contributed by atoms with van der Waals surface area (Å²) in [5.74, 6) is 0.793. The SMILES string of the molecule is CCOc1cc(C2C3=C(CC(C)(C)CC3=O)N(C3CCCCC3)C3=C2C(=O)CC(C)(C)C3)cc(Cl)c1OCc1ccccc1Br. The first-order valence-corrected chi connectivity index (χ1v) is 17.7. The summed E-state index contributed by atoms with van der Waals surface area (Å²) in [7, 11) is 0. The first-order valence-electron chi connectivity index (χ1n) is 16.5. The fraction of sp³-hybridized carbons (Fsp3) is 0.526. The first kappa shape index (κ1) is 32.4. The predicted octanol–water partition coefficient (Wildman–Crippen LogP) is 10.1. The van der Waals surface area contributed by atoms with Crippen molar-refractivity contribution in [2.75, 3.05) is 6.61 Å². The average Bonchev–Trinajstić information content (AvgIpc) is 2.96. The lowest BCUT2D eigenvalue weighted by Crippen LogP contribution is -2.48. The van der Waals surface area contributed by atoms with E-state index in [4.69, 9.17) is 21.1 Å². The van der Waals surface area contributed by atoms with Crippen LogP contribution in [0.15, 0.2) is 63.4 Å². The largest absolute Gasteiger partial charge is 0.490 e. The third kappa shape index (κ3) is 6.39. The zero-order valence-corrected chi connectivity index (χ0v) is 29.6. The number of carbonyl (C=O) groups is 2. The Hall–Kier alpha value is -2.57. The molecule has 3 aliphatic carbocycles. The summed E-state index contributed by atoms with van der Waals surface area (Å²) in [6.07, 6.45) is 8.32. The van der Waals surface area contributed by atoms with Gasteiger partial charge in [0, 0.05) is 57.4 Å². The van der Waals surface area contributed by atoms with Crippen LogP contribution in [0.2, 0.25) is 5.02 Å². The van der Waals surface area contributed by atoms with Crippen LogP contribution < -0.4 is 9.47 Å². The van der Waals surface area contributed by atoms with Crippen LogP contribution in [-0.2, 0) is 16.2 Å². The highest BCUT2D eigenvalue weighted by atomic mass is 79.9. The molecule has 1 fully saturated rings. The normalized spacial score (nSPS) is 22.0. The van der Waals surface area contributed by atoms with Gasteiger partial charge in [0.2, 0.25) is 0 Å². The molecule has 2 aromatic rings. The van der Waals surface area contributed by atoms with E-state index in [-0.39, 0.29) is 22.4 Å². The smallest absolute Gasteiger partial charge is 0.180 e. The van der Waals surface area contributed by atoms with E-state index in [9.17, 15) is 9.59 Å². The Labute approximate surface area is 281 Å². The van der Waals surface area contributed by atoms with Gasteiger partial charge in [0.15, 0.2) is 23.1 Å². The Morgan fingerprint density at radius 1 is 0.867 bits per heavy atom. The lowest BCUT2D eigenvalue weighted by Gasteiger charge is -2.52. The Bertz CT molecular complexity index is 1530. The predicted molar refractivity (Wildman–Crippen MR) is 183 cm³/mol. The third-order valence-electron chi connectivity index (χ3n) is 9.89. The van der Waals surface area contributed by atoms with Crippen LogP contribution in [0.25, 0.3) is 0 Å². The average molecular weight is 695 g/mol. The molecule has 0 atom stereocenters. The van der Waals surface area contributed by atoms with Crippen molar-refractivity contribution in [1.29, 1.82) is 0 Å². The molecule has 240 valence electrons. The van der Waals surface area contributed by atoms with Crippen molar-refractivity contribution in [2.24, 2.45) is 10.8 Å². The summed E-state index contributed by atoms with van der Waals surface area (Å²) < 4.78 is 13.4. The molecule has 4 aliphatic rings. The van der Waals surface area contributed by atoms with Gasteiger partial charge in [0.1, 0.15) is 6.61 Å². The molecule has 0 unspecified atom stereocenters. The summed E-state index contributed by atoms with van der Waals surface area (Å²) in [4.78, 5) is 31.1. The first-order chi connectivity index (χ1) is 21.4. The lowest BCUT2D eigenvalue weighted by molar-refractivity contribution is -0.119. The highest BCUT2D eigenvalue weighted by Gasteiger charge is 2.50. The van der Waals surface area contributed by atoms with Crippen molar-refractivity contribution in [3.05, 3.63) is 79.6 Å². The van der Waals surface area contributed by atoms with Crippen LogP contribution in [0.4, 0.5) is 0 Å². The van der Waals surface area contributed by atoms with Gasteiger partial charge in [-0.3, -0.25) is 9.59 Å². The maximum atomic E-state index is 14.3. The quantitative estimate of drug-likeness (QED) is 0.289. The monoisotopic (exact) mass is 693 g/mol. The Morgan fingerprint density at radius 2 is 1.47 bits per heavy atom. The summed E-state index contributed by atoms with van der Waals surface area (Å²) in [6.45, 7) is 11.5. The second-order valence-corrected chi connectivity index (χ2v) is 16.1. The number of allylic oxidation sites excluding steroid dienone is 4. The standard InChI is InChI=1S/C38H45BrClNO4/c1-6-44-32-17-24(16-27(40)36(32)45-22-23-12-10-11-15-26(23)39)33-34-28(18-37(2,3)20-30(34)42)41(25-13-8-7-9-14-25)29-19-38(4,5)21-31(43)35(29)33/h10-12,15-17,25,33H,6-9,13-14,18-22H2,1-5H3. The number of benzene rings is 2. The number of carbonyl (C=O) groups excluding carboxylic acids is 2. The molecule has 0 aromatic heterocycles. The number of hydrogen-bond donors (Lipinski definition) is 0. The number of halogens is 2. The second kappa shape index (κ2) is 12.6. The van der Waals surface area contributed by atoms with E-state index in [0.717, 1.165) is 63.8 Å². The molecule has 0 spiro atoms. The van der Waals surface area contributed by atoms with Crippen molar-refractivity contribution in [3.8, 4) is 11.5 Å². The Morgan fingerprint density at radius 3 is 2.04 bits per heavy atom. The van der Waals surface area contributed by atoms with Gasteiger partial charge < -0.3 is 14.4 Å². The summed E-state index contributed by atoms with van der Waals surface area (Å²) in [6, 6.07) is 12.1. The van der Waals surface area contributed by atoms with E-state index in [1.165, 1.54) is 19.3 Å². The number of hydrogen-bond acceptors (Lipinski definition) is 5. The molecule has 1 saturated carbocycles. The molecule has 1 heterocycles. The van der Waals surface area contributed by atoms with Crippen LogP contribution in [-0.4, -0.2) is 29.1 Å². The molecule has 0 amide bonds. The van der Waals surface area contributed by atoms with Gasteiger partial charge in [-0.25, -0.2) is 0 Å². The van der Waals surface area contributed by atoms with Crippen molar-refractivity contribution in [2.45, 2.75) is 111 Å². The van der Waals surface area contributed by atoms with Gasteiger partial charge in [-0.1, -0.05) is 92.7 Å². The molecule has 7 heteroatoms. The number of Topliss-reactive ketones (excluding diaryl/α,β-unsaturated/α-hetero) is 2. The van der Waals surface area contributed by atoms with E-state index in [2.05, 4.69) is 48.5 Å². The van der Waals surface area contributed by atoms with Crippen molar-refractivity contribution < 1.29 is 19.1 Å². The number of ether oxygens (including phenoxy) is 2. The fourth-order valence-corrected chi connectivity index (χ4v) is 8.71. The summed E-state index contributed by atoms with van der Waals surface area (Å²) in [5, 5.41) is 0.411. The molecular formula is C38H45BrClNO4. The van der Waals surface area contributed by atoms with Crippen molar-refractivity contribution in [3.63, 3.8) is 0 Å². The van der Waals surface area contributed by atoms with Crippen LogP contribution in [0, 0.1) is 10.8 Å². The van der Waals surface area contributed by atoms with E-state index >= 15 is 0 Å². The third-order valence-corrected chi connectivity index (χ3v) is 10.9. The number of rotatable bonds is 7. The topological polar surface area (TPSA) is 55.8 Å². The summed E-state index contributed by atoms with van der Waals surface area (Å²) in [5.41, 5.74) is 5.32. The van der Waals surface area contributed by atoms with Crippen LogP contribution in [0.1, 0.15) is 109 Å². The Balaban J connectivity index is 1.52. The van der Waals surface area contributed by atoms with Gasteiger partial charge in [-0.2, -0.15) is 0 Å². The molecule has 0 N–H and O–H groups in total. The highest BCUT2D eigenvalue weighted by molar-refractivity contribution is 9.10. The highest BCUT2D eigenvalue weighted by Crippen LogP contribution is 2.56. The molecule has 0 bridgehead atoms. The minimum absolute atomic E-state index is 0.138. The second-order valence-electron chi connectivity index (χ2n) is 14.8. The molecule has 0 radical (unpaired) electrons. The van der Waals surface area contributed by atoms with Crippen molar-refractivity contribution >= 4 is 39.1 Å². The zero-order chi connectivity index (χ0) is 32.1. The minimum atomic E-state index is -0.476. The minimum Gasteiger partial charge on any atom is -0.490 e. The zero-order valence-electron chi connectivity index (χ0n) is 27.2. The van der Waals surface area contributed by atoms with E-state index in [1.54, 1.807) is 0 Å². The maximum absolute atomic E-state index is 14.3. The van der Waals surface area contributed by atoms with Gasteiger partial charge in [0.05, 0.1) is 11.6 Å². The van der Waals surface area contributed by atoms with Gasteiger partial charge in [-0.15, -0.1) is 0 Å². The van der Waals surface area contributed by atoms with E-state index < -0.39 is 5.92 Å².